The van der Waals surface area contributed by atoms with E-state index < -0.39 is 54.2 Å². The summed E-state index contributed by atoms with van der Waals surface area (Å²) >= 11 is 0. The summed E-state index contributed by atoms with van der Waals surface area (Å²) in [6, 6.07) is 20.2. The van der Waals surface area contributed by atoms with Gasteiger partial charge in [-0.3, -0.25) is 0 Å². The fourth-order valence-electron chi connectivity index (χ4n) is 3.56. The van der Waals surface area contributed by atoms with Crippen LogP contribution in [0.4, 0.5) is 11.4 Å². The van der Waals surface area contributed by atoms with E-state index in [4.69, 9.17) is 20.9 Å². The molecule has 11 heteroatoms. The Morgan fingerprint density at radius 2 is 0.946 bits per heavy atom. The van der Waals surface area contributed by atoms with Crippen molar-refractivity contribution < 1.29 is 37.7 Å². The first kappa shape index (κ1) is 25.1. The molecular formula is C26H20N2O8S. The van der Waals surface area contributed by atoms with Gasteiger partial charge in [0.2, 0.25) is 9.84 Å². The maximum atomic E-state index is 14.0. The standard InChI is InChI=1S/C26H20N2O8S/c27-17-11-13-19(23(21(17)25(29)30)35-15-7-3-1-4-8-15)37(33,34)20-14-12-18(28)22(26(31)32)24(20)36-16-9-5-2-6-10-16/h1-14H,27-28H2,(H,29,30)(H,31,32). The summed E-state index contributed by atoms with van der Waals surface area (Å²) in [5, 5.41) is 19.6. The summed E-state index contributed by atoms with van der Waals surface area (Å²) in [6.07, 6.45) is 0. The number of hydrogen-bond donors (Lipinski definition) is 4. The topological polar surface area (TPSA) is 179 Å². The largest absolute Gasteiger partial charge is 0.477 e. The molecule has 0 bridgehead atoms. The van der Waals surface area contributed by atoms with Gasteiger partial charge in [0.25, 0.3) is 0 Å². The highest BCUT2D eigenvalue weighted by molar-refractivity contribution is 7.91. The molecule has 0 unspecified atom stereocenters. The second-order valence-electron chi connectivity index (χ2n) is 7.66. The quantitative estimate of drug-likeness (QED) is 0.239. The SMILES string of the molecule is Nc1ccc(S(=O)(=O)c2ccc(N)c(C(=O)O)c2Oc2ccccc2)c(Oc2ccccc2)c1C(=O)O. The summed E-state index contributed by atoms with van der Waals surface area (Å²) in [5.41, 5.74) is 10.1. The van der Waals surface area contributed by atoms with Crippen LogP contribution in [0, 0.1) is 0 Å². The molecule has 0 aliphatic rings. The first-order chi connectivity index (χ1) is 17.6. The number of hydrogen-bond acceptors (Lipinski definition) is 8. The van der Waals surface area contributed by atoms with Crippen molar-refractivity contribution in [2.24, 2.45) is 0 Å². The number of carbonyl (C=O) groups is 2. The zero-order valence-electron chi connectivity index (χ0n) is 19.0. The predicted octanol–water partition coefficient (Wildman–Crippen LogP) is 4.66. The molecule has 0 radical (unpaired) electrons. The summed E-state index contributed by atoms with van der Waals surface area (Å²) in [7, 11) is -4.67. The highest BCUT2D eigenvalue weighted by Crippen LogP contribution is 2.43. The van der Waals surface area contributed by atoms with Crippen molar-refractivity contribution in [2.45, 2.75) is 9.79 Å². The lowest BCUT2D eigenvalue weighted by atomic mass is 10.1. The summed E-state index contributed by atoms with van der Waals surface area (Å²) in [5.74, 6) is -3.83. The molecule has 0 saturated carbocycles. The van der Waals surface area contributed by atoms with E-state index in [0.29, 0.717) is 0 Å². The van der Waals surface area contributed by atoms with Gasteiger partial charge in [0.05, 0.1) is 11.4 Å². The number of benzene rings is 4. The Hall–Kier alpha value is -5.03. The Bertz CT molecular complexity index is 1490. The van der Waals surface area contributed by atoms with Crippen molar-refractivity contribution in [2.75, 3.05) is 11.5 Å². The van der Waals surface area contributed by atoms with Crippen LogP contribution in [0.5, 0.6) is 23.0 Å². The molecule has 0 amide bonds. The lowest BCUT2D eigenvalue weighted by molar-refractivity contribution is 0.0683. The van der Waals surface area contributed by atoms with Crippen molar-refractivity contribution in [3.63, 3.8) is 0 Å². The second-order valence-corrected chi connectivity index (χ2v) is 9.54. The molecule has 4 aromatic rings. The normalized spacial score (nSPS) is 11.0. The number of aromatic carboxylic acids is 2. The monoisotopic (exact) mass is 520 g/mol. The van der Waals surface area contributed by atoms with Gasteiger partial charge in [-0.15, -0.1) is 0 Å². The molecule has 0 aliphatic heterocycles. The summed E-state index contributed by atoms with van der Waals surface area (Å²) in [6.45, 7) is 0. The van der Waals surface area contributed by atoms with E-state index in [9.17, 15) is 28.2 Å². The fraction of sp³-hybridized carbons (Fsp3) is 0. The number of nitrogens with two attached hydrogens (primary N) is 2. The average Bonchev–Trinajstić information content (AvgIpc) is 2.84. The zero-order chi connectivity index (χ0) is 26.7. The second kappa shape index (κ2) is 9.91. The molecule has 0 aromatic heterocycles. The van der Waals surface area contributed by atoms with Gasteiger partial charge in [0, 0.05) is 0 Å². The molecule has 0 atom stereocenters. The number of sulfone groups is 1. The number of carboxylic acids is 2. The van der Waals surface area contributed by atoms with Gasteiger partial charge in [-0.25, -0.2) is 18.0 Å². The van der Waals surface area contributed by atoms with E-state index in [1.54, 1.807) is 36.4 Å². The number of ether oxygens (including phenoxy) is 2. The number of nitrogen functional groups attached to an aromatic ring is 2. The Labute approximate surface area is 211 Å². The van der Waals surface area contributed by atoms with Gasteiger partial charge < -0.3 is 31.2 Å². The molecule has 0 fully saturated rings. The van der Waals surface area contributed by atoms with E-state index in [1.807, 2.05) is 0 Å². The van der Waals surface area contributed by atoms with Crippen LogP contribution in [0.2, 0.25) is 0 Å². The van der Waals surface area contributed by atoms with E-state index in [1.165, 1.54) is 24.3 Å². The van der Waals surface area contributed by atoms with Crippen LogP contribution < -0.4 is 20.9 Å². The smallest absolute Gasteiger partial charge is 0.341 e. The van der Waals surface area contributed by atoms with E-state index in [-0.39, 0.29) is 22.9 Å². The average molecular weight is 521 g/mol. The first-order valence-electron chi connectivity index (χ1n) is 10.6. The lowest BCUT2D eigenvalue weighted by Crippen LogP contribution is -2.14. The third kappa shape index (κ3) is 4.88. The molecule has 0 aliphatic carbocycles. The van der Waals surface area contributed by atoms with E-state index in [2.05, 4.69) is 0 Å². The Morgan fingerprint density at radius 3 is 1.27 bits per heavy atom. The van der Waals surface area contributed by atoms with Gasteiger partial charge in [0.15, 0.2) is 11.5 Å². The summed E-state index contributed by atoms with van der Waals surface area (Å²) in [4.78, 5) is 23.0. The Morgan fingerprint density at radius 1 is 0.595 bits per heavy atom. The molecule has 0 spiro atoms. The van der Waals surface area contributed by atoms with Gasteiger partial charge >= 0.3 is 11.9 Å². The predicted molar refractivity (Wildman–Crippen MR) is 134 cm³/mol. The molecule has 0 saturated heterocycles. The van der Waals surface area contributed by atoms with Crippen LogP contribution in [0.15, 0.2) is 94.7 Å². The maximum Gasteiger partial charge on any atom is 0.341 e. The third-order valence-corrected chi connectivity index (χ3v) is 7.04. The molecule has 188 valence electrons. The Balaban J connectivity index is 2.00. The van der Waals surface area contributed by atoms with Crippen LogP contribution in [-0.4, -0.2) is 30.6 Å². The minimum atomic E-state index is -4.67. The van der Waals surface area contributed by atoms with Gasteiger partial charge in [0.1, 0.15) is 32.4 Å². The van der Waals surface area contributed by atoms with E-state index in [0.717, 1.165) is 24.3 Å². The minimum Gasteiger partial charge on any atom is -0.477 e. The molecule has 4 rings (SSSR count). The third-order valence-electron chi connectivity index (χ3n) is 5.24. The first-order valence-corrected chi connectivity index (χ1v) is 12.1. The van der Waals surface area contributed by atoms with Crippen molar-refractivity contribution in [1.82, 2.24) is 0 Å². The zero-order valence-corrected chi connectivity index (χ0v) is 19.8. The van der Waals surface area contributed by atoms with Gasteiger partial charge in [-0.05, 0) is 48.5 Å². The van der Waals surface area contributed by atoms with Gasteiger partial charge in [-0.1, -0.05) is 36.4 Å². The van der Waals surface area contributed by atoms with Crippen LogP contribution in [-0.2, 0) is 9.84 Å². The number of rotatable bonds is 8. The molecule has 0 heterocycles. The number of anilines is 2. The Kier molecular flexibility index (Phi) is 6.72. The van der Waals surface area contributed by atoms with Gasteiger partial charge in [-0.2, -0.15) is 0 Å². The number of para-hydroxylation sites is 2. The number of carboxylic acid groups (broad SMARTS) is 2. The van der Waals surface area contributed by atoms with Crippen molar-refractivity contribution in [1.29, 1.82) is 0 Å². The van der Waals surface area contributed by atoms with E-state index >= 15 is 0 Å². The minimum absolute atomic E-state index is 0.149. The maximum absolute atomic E-state index is 14.0. The lowest BCUT2D eigenvalue weighted by Gasteiger charge is -2.19. The van der Waals surface area contributed by atoms with Crippen molar-refractivity contribution in [3.05, 3.63) is 96.1 Å². The summed E-state index contributed by atoms with van der Waals surface area (Å²) < 4.78 is 39.5. The molecular weight excluding hydrogens is 500 g/mol. The van der Waals surface area contributed by atoms with Crippen molar-refractivity contribution >= 4 is 33.2 Å². The fourth-order valence-corrected chi connectivity index (χ4v) is 5.06. The van der Waals surface area contributed by atoms with Crippen LogP contribution in [0.3, 0.4) is 0 Å². The molecule has 10 nitrogen and oxygen atoms in total. The van der Waals surface area contributed by atoms with Crippen LogP contribution >= 0.6 is 0 Å². The highest BCUT2D eigenvalue weighted by atomic mass is 32.2. The highest BCUT2D eigenvalue weighted by Gasteiger charge is 2.34. The van der Waals surface area contributed by atoms with Crippen LogP contribution in [0.25, 0.3) is 0 Å². The molecule has 6 N–H and O–H groups in total. The molecule has 37 heavy (non-hydrogen) atoms. The van der Waals surface area contributed by atoms with Crippen LogP contribution in [0.1, 0.15) is 20.7 Å². The molecule has 4 aromatic carbocycles. The van der Waals surface area contributed by atoms with Crippen molar-refractivity contribution in [3.8, 4) is 23.0 Å².